The number of alkyl halides is 4. The summed E-state index contributed by atoms with van der Waals surface area (Å²) in [4.78, 5) is 31.4. The van der Waals surface area contributed by atoms with Crippen molar-refractivity contribution >= 4 is 44.5 Å². The molecule has 2 aromatic carbocycles. The van der Waals surface area contributed by atoms with Crippen LogP contribution in [0.4, 0.5) is 26.3 Å². The van der Waals surface area contributed by atoms with Crippen LogP contribution in [0.1, 0.15) is 63.4 Å². The van der Waals surface area contributed by atoms with E-state index in [4.69, 9.17) is 26.1 Å². The van der Waals surface area contributed by atoms with Gasteiger partial charge < -0.3 is 14.8 Å². The molecule has 0 bridgehead atoms. The fraction of sp³-hybridized carbons (Fsp3) is 0.395. The summed E-state index contributed by atoms with van der Waals surface area (Å²) in [5.74, 6) is -7.97. The molecule has 0 aliphatic heterocycles. The minimum Gasteiger partial charge on any atom is -0.465 e. The van der Waals surface area contributed by atoms with Crippen molar-refractivity contribution in [2.24, 2.45) is 5.92 Å². The van der Waals surface area contributed by atoms with E-state index in [0.29, 0.717) is 39.5 Å². The molecule has 3 aromatic heterocycles. The molecule has 1 fully saturated rings. The number of benzene rings is 2. The van der Waals surface area contributed by atoms with Crippen molar-refractivity contribution in [1.82, 2.24) is 29.9 Å². The molecule has 10 nitrogen and oxygen atoms in total. The van der Waals surface area contributed by atoms with Crippen LogP contribution in [0.15, 0.2) is 48.7 Å². The first kappa shape index (κ1) is 39.6. The Bertz CT molecular complexity index is 2330. The normalized spacial score (nSPS) is 17.9. The molecule has 298 valence electrons. The first-order valence-corrected chi connectivity index (χ1v) is 20.9. The average Bonchev–Trinajstić information content (AvgIpc) is 3.61. The second-order valence-corrected chi connectivity index (χ2v) is 19.8. The third kappa shape index (κ3) is 7.85. The van der Waals surface area contributed by atoms with E-state index >= 15 is 8.78 Å². The zero-order valence-electron chi connectivity index (χ0n) is 30.6. The van der Waals surface area contributed by atoms with Crippen LogP contribution in [0, 0.1) is 17.6 Å². The van der Waals surface area contributed by atoms with Gasteiger partial charge in [-0.05, 0) is 79.0 Å². The molecule has 3 atom stereocenters. The van der Waals surface area contributed by atoms with Crippen molar-refractivity contribution in [2.75, 3.05) is 38.2 Å². The number of hydrogen-bond acceptors (Lipinski definition) is 7. The van der Waals surface area contributed by atoms with Crippen LogP contribution < -0.4 is 5.32 Å². The molecule has 0 radical (unpaired) electrons. The number of hydrogen-bond donors (Lipinski definition) is 1. The number of rotatable bonds is 14. The van der Waals surface area contributed by atoms with Gasteiger partial charge in [0, 0.05) is 28.9 Å². The van der Waals surface area contributed by atoms with Crippen LogP contribution in [-0.4, -0.2) is 74.7 Å². The molecule has 5 aromatic rings. The molecule has 7 rings (SSSR count). The van der Waals surface area contributed by atoms with Crippen LogP contribution in [0.2, 0.25) is 5.02 Å². The average molecular weight is 823 g/mol. The summed E-state index contributed by atoms with van der Waals surface area (Å²) in [6.45, 7) is -0.325. The van der Waals surface area contributed by atoms with Gasteiger partial charge in [0.25, 0.3) is 12.3 Å². The van der Waals surface area contributed by atoms with Gasteiger partial charge in [0.05, 0.1) is 47.8 Å². The largest absolute Gasteiger partial charge is 0.465 e. The van der Waals surface area contributed by atoms with Gasteiger partial charge >= 0.3 is 5.97 Å². The highest BCUT2D eigenvalue weighted by Gasteiger charge is 2.67. The topological polar surface area (TPSA) is 113 Å². The van der Waals surface area contributed by atoms with Crippen molar-refractivity contribution in [3.63, 3.8) is 0 Å². The minimum atomic E-state index is -3.47. The van der Waals surface area contributed by atoms with Gasteiger partial charge in [-0.1, -0.05) is 17.7 Å². The summed E-state index contributed by atoms with van der Waals surface area (Å²) in [5, 5.41) is 11.0. The van der Waals surface area contributed by atoms with Crippen molar-refractivity contribution in [3.8, 4) is 11.1 Å². The highest BCUT2D eigenvalue weighted by molar-refractivity contribution is 8.32. The maximum absolute atomic E-state index is 15.4. The van der Waals surface area contributed by atoms with E-state index in [-0.39, 0.29) is 47.0 Å². The smallest absolute Gasteiger partial charge is 0.339 e. The summed E-state index contributed by atoms with van der Waals surface area (Å²) in [5.41, 5.74) is 0.0448. The van der Waals surface area contributed by atoms with Crippen LogP contribution >= 0.6 is 21.6 Å². The number of carbonyl (C=O) groups excluding carboxylic acids is 2. The molecule has 1 saturated carbocycles. The molecule has 3 heterocycles. The number of pyridine rings is 1. The number of nitrogens with one attached hydrogen (secondary N) is 1. The number of methoxy groups -OCH3 is 1. The Balaban J connectivity index is 1.32. The summed E-state index contributed by atoms with van der Waals surface area (Å²) >= 11 is 6.36. The third-order valence-corrected chi connectivity index (χ3v) is 11.6. The van der Waals surface area contributed by atoms with Crippen LogP contribution in [-0.2, 0) is 39.9 Å². The molecule has 2 aliphatic carbocycles. The highest BCUT2D eigenvalue weighted by atomic mass is 35.5. The first-order chi connectivity index (χ1) is 26.4. The maximum Gasteiger partial charge on any atom is 0.339 e. The molecule has 2 aliphatic rings. The Morgan fingerprint density at radius 2 is 1.79 bits per heavy atom. The van der Waals surface area contributed by atoms with E-state index in [2.05, 4.69) is 34.3 Å². The molecule has 56 heavy (non-hydrogen) atoms. The number of amides is 1. The van der Waals surface area contributed by atoms with Crippen LogP contribution in [0.5, 0.6) is 0 Å². The fourth-order valence-electron chi connectivity index (χ4n) is 7.17. The highest BCUT2D eigenvalue weighted by Crippen LogP contribution is 2.68. The Kier molecular flexibility index (Phi) is 10.6. The van der Waals surface area contributed by atoms with Crippen LogP contribution in [0.25, 0.3) is 22.2 Å². The summed E-state index contributed by atoms with van der Waals surface area (Å²) < 4.78 is 101. The number of fused-ring (bicyclic) bond motifs is 4. The van der Waals surface area contributed by atoms with E-state index in [1.54, 1.807) is 16.8 Å². The van der Waals surface area contributed by atoms with Gasteiger partial charge in [-0.3, -0.25) is 9.48 Å². The molecule has 1 unspecified atom stereocenters. The zero-order valence-corrected chi connectivity index (χ0v) is 32.2. The summed E-state index contributed by atoms with van der Waals surface area (Å²) in [6.07, 6.45) is 4.60. The van der Waals surface area contributed by atoms with Gasteiger partial charge in [-0.2, -0.15) is 19.0 Å². The number of aromatic nitrogens is 5. The molecular formula is C38H37ClF6N6O4S. The second kappa shape index (κ2) is 15.0. The number of nitrogens with zero attached hydrogens (tertiary/aromatic N) is 5. The zero-order chi connectivity index (χ0) is 40.3. The van der Waals surface area contributed by atoms with Crippen molar-refractivity contribution < 1.29 is 45.4 Å². The van der Waals surface area contributed by atoms with Crippen molar-refractivity contribution in [1.29, 1.82) is 0 Å². The Morgan fingerprint density at radius 3 is 2.46 bits per heavy atom. The lowest BCUT2D eigenvalue weighted by Gasteiger charge is -2.24. The van der Waals surface area contributed by atoms with E-state index in [1.165, 1.54) is 25.4 Å². The van der Waals surface area contributed by atoms with E-state index in [9.17, 15) is 27.2 Å². The monoisotopic (exact) mass is 822 g/mol. The SMILES string of the molecule is COC(=O)c1cc(-c2cc3c(cnn3COCCS(C)(C)C)nc2[C@H](Cc2cc(F)cc(F)c2)NC(=O)Cn2nc(C(F)F)c3c2C(F)(F)[C@@H]2CC32)ccc1Cl. The molecule has 18 heteroatoms. The predicted molar refractivity (Wildman–Crippen MR) is 198 cm³/mol. The van der Waals surface area contributed by atoms with Gasteiger partial charge in [-0.25, -0.2) is 42.1 Å². The molecule has 0 spiro atoms. The van der Waals surface area contributed by atoms with Crippen molar-refractivity contribution in [3.05, 3.63) is 99.1 Å². The van der Waals surface area contributed by atoms with Gasteiger partial charge in [-0.15, -0.1) is 0 Å². The van der Waals surface area contributed by atoms with Gasteiger partial charge in [0.1, 0.15) is 41.8 Å². The Hall–Kier alpha value is -4.61. The lowest BCUT2D eigenvalue weighted by Crippen LogP contribution is -2.35. The third-order valence-electron chi connectivity index (χ3n) is 9.88. The summed E-state index contributed by atoms with van der Waals surface area (Å²) in [7, 11) is 0.358. The quantitative estimate of drug-likeness (QED) is 0.0688. The van der Waals surface area contributed by atoms with E-state index in [0.717, 1.165) is 17.9 Å². The second-order valence-electron chi connectivity index (χ2n) is 14.8. The predicted octanol–water partition coefficient (Wildman–Crippen LogP) is 7.93. The summed E-state index contributed by atoms with van der Waals surface area (Å²) in [6, 6.07) is 7.80. The van der Waals surface area contributed by atoms with Gasteiger partial charge in [0.2, 0.25) is 5.91 Å². The number of carbonyl (C=O) groups is 2. The Labute approximate surface area is 323 Å². The molecule has 1 amide bonds. The molecule has 0 saturated heterocycles. The van der Waals surface area contributed by atoms with Crippen molar-refractivity contribution in [2.45, 2.75) is 50.4 Å². The lowest BCUT2D eigenvalue weighted by molar-refractivity contribution is -0.123. The fourth-order valence-corrected chi connectivity index (χ4v) is 7.99. The Morgan fingerprint density at radius 1 is 1.05 bits per heavy atom. The first-order valence-electron chi connectivity index (χ1n) is 17.4. The minimum absolute atomic E-state index is 0.00775. The van der Waals surface area contributed by atoms with Crippen LogP contribution in [0.3, 0.4) is 0 Å². The molecule has 1 N–H and O–H groups in total. The number of ether oxygens (including phenoxy) is 2. The lowest BCUT2D eigenvalue weighted by atomic mass is 9.94. The maximum atomic E-state index is 15.4. The molecular weight excluding hydrogens is 786 g/mol. The number of halogens is 7. The standard InChI is InChI=1S/C38H37ClF6N6O4S/c1-54-37(53)25-12-20(5-6-27(25)39)23-15-30-29(16-46-51(30)18-55-7-8-56(2,3)4)48-33(23)28(11-19-9-21(40)13-22(41)10-19)47-31(52)17-50-35-32(34(49-50)36(42)43)24-14-26(24)38(35,44)45/h5-6,9-10,12-13,15-16,24,26,28,36H,7-8,11,14,17-18H2,1-4H3,(H,47,52)/t24?,26-,28+/m1/s1. The van der Waals surface area contributed by atoms with Gasteiger partial charge in [0.15, 0.2) is 0 Å². The number of esters is 1. The van der Waals surface area contributed by atoms with E-state index < -0.39 is 81.7 Å². The van der Waals surface area contributed by atoms with E-state index in [1.807, 2.05) is 0 Å².